The third-order valence-electron chi connectivity index (χ3n) is 0.700. The molecule has 0 bridgehead atoms. The minimum atomic E-state index is -0.407. The monoisotopic (exact) mass is 153 g/mol. The maximum absolute atomic E-state index is 10.2. The van der Waals surface area contributed by atoms with Crippen molar-refractivity contribution in [3.8, 4) is 0 Å². The molecule has 0 saturated heterocycles. The summed E-state index contributed by atoms with van der Waals surface area (Å²) in [5, 5.41) is 0. The van der Waals surface area contributed by atoms with E-state index in [1.165, 1.54) is 6.26 Å². The summed E-state index contributed by atoms with van der Waals surface area (Å²) in [5.74, 6) is 0.255. The van der Waals surface area contributed by atoms with E-state index < -0.39 is 4.75 Å². The van der Waals surface area contributed by atoms with Crippen molar-refractivity contribution in [3.05, 3.63) is 24.2 Å². The normalized spacial score (nSPS) is 9.25. The third-order valence-corrected chi connectivity index (χ3v) is 0.943. The van der Waals surface area contributed by atoms with Gasteiger partial charge in [0, 0.05) is 0 Å². The van der Waals surface area contributed by atoms with E-state index in [1.54, 1.807) is 12.1 Å². The van der Waals surface area contributed by atoms with Gasteiger partial charge in [-0.05, 0) is 0 Å². The second-order valence-electron chi connectivity index (χ2n) is 1.22. The molecule has 0 unspecified atom stereocenters. The fourth-order valence-electron chi connectivity index (χ4n) is 0.382. The fraction of sp³-hybridized carbons (Fsp3) is 0. The molecule has 0 radical (unpaired) electrons. The van der Waals surface area contributed by atoms with Crippen LogP contribution < -0.4 is 0 Å². The van der Waals surface area contributed by atoms with Crippen LogP contribution in [-0.4, -0.2) is 4.75 Å². The minimum absolute atomic E-state index is 0.255. The van der Waals surface area contributed by atoms with Gasteiger partial charge in [0.25, 0.3) is 0 Å². The van der Waals surface area contributed by atoms with Gasteiger partial charge >= 0.3 is 53.6 Å². The molecule has 45 valence electrons. The van der Waals surface area contributed by atoms with Crippen molar-refractivity contribution in [2.75, 3.05) is 0 Å². The first-order valence-corrected chi connectivity index (χ1v) is 2.50. The van der Waals surface area contributed by atoms with Gasteiger partial charge in [-0.1, -0.05) is 0 Å². The molecule has 1 aromatic heterocycles. The predicted octanol–water partition coefficient (Wildman–Crippen LogP) is 0.967. The van der Waals surface area contributed by atoms with Crippen LogP contribution in [0.1, 0.15) is 10.6 Å². The Morgan fingerprint density at radius 2 is 2.50 bits per heavy atom. The Labute approximate surface area is 54.2 Å². The van der Waals surface area contributed by atoms with E-state index in [2.05, 4.69) is 19.9 Å². The van der Waals surface area contributed by atoms with Crippen LogP contribution in [0.15, 0.2) is 22.8 Å². The molecule has 0 spiro atoms. The van der Waals surface area contributed by atoms with Crippen LogP contribution in [0.3, 0.4) is 0 Å². The summed E-state index contributed by atoms with van der Waals surface area (Å²) in [4.78, 5) is 10.2. The van der Waals surface area contributed by atoms with Gasteiger partial charge in [-0.15, -0.1) is 0 Å². The second-order valence-corrected chi connectivity index (χ2v) is 1.67. The number of hydrogen-bond acceptors (Lipinski definition) is 2. The van der Waals surface area contributed by atoms with Gasteiger partial charge in [0.15, 0.2) is 0 Å². The molecular weight excluding hydrogens is 151 g/mol. The Balaban J connectivity index is 2.93. The molecule has 0 aliphatic carbocycles. The molecule has 1 heterocycles. The Bertz CT molecular complexity index is 178. The molecule has 1 rings (SSSR count). The Kier molecular flexibility index (Phi) is 1.49. The topological polar surface area (TPSA) is 30.2 Å². The second kappa shape index (κ2) is 2.14. The Morgan fingerprint density at radius 1 is 1.75 bits per heavy atom. The summed E-state index contributed by atoms with van der Waals surface area (Å²) in [5.41, 5.74) is 0. The molecule has 8 heavy (non-hydrogen) atoms. The SMILES string of the molecule is O=[C]([Ni])c1ccco1. The van der Waals surface area contributed by atoms with Crippen LogP contribution in [0.25, 0.3) is 0 Å². The average molecular weight is 154 g/mol. The quantitative estimate of drug-likeness (QED) is 0.563. The molecule has 0 aromatic carbocycles. The summed E-state index contributed by atoms with van der Waals surface area (Å²) in [6.45, 7) is 0. The van der Waals surface area contributed by atoms with E-state index in [0.717, 1.165) is 0 Å². The van der Waals surface area contributed by atoms with E-state index in [0.29, 0.717) is 0 Å². The molecule has 0 N–H and O–H groups in total. The molecule has 0 amide bonds. The maximum atomic E-state index is 10.2. The van der Waals surface area contributed by atoms with Crippen LogP contribution in [0.4, 0.5) is 0 Å². The molecule has 2 nitrogen and oxygen atoms in total. The van der Waals surface area contributed by atoms with Crippen LogP contribution in [0.5, 0.6) is 0 Å². The molecule has 0 saturated carbocycles. The predicted molar refractivity (Wildman–Crippen MR) is 23.0 cm³/mol. The number of furan rings is 1. The molecule has 0 aliphatic heterocycles. The number of rotatable bonds is 1. The Hall–Kier alpha value is -0.556. The van der Waals surface area contributed by atoms with Crippen molar-refractivity contribution in [1.82, 2.24) is 0 Å². The van der Waals surface area contributed by atoms with Crippen molar-refractivity contribution in [2.24, 2.45) is 0 Å². The summed E-state index contributed by atoms with van der Waals surface area (Å²) in [7, 11) is 0. The number of carbonyl (C=O) groups excluding carboxylic acids is 1. The molecule has 3 heteroatoms. The van der Waals surface area contributed by atoms with Crippen LogP contribution in [-0.2, 0) is 15.5 Å². The van der Waals surface area contributed by atoms with Crippen molar-refractivity contribution in [3.63, 3.8) is 0 Å². The average Bonchev–Trinajstić information content (AvgIpc) is 2.12. The van der Waals surface area contributed by atoms with Crippen molar-refractivity contribution in [1.29, 1.82) is 0 Å². The van der Waals surface area contributed by atoms with E-state index in [4.69, 9.17) is 0 Å². The van der Waals surface area contributed by atoms with Gasteiger partial charge in [0.2, 0.25) is 0 Å². The zero-order valence-corrected chi connectivity index (χ0v) is 4.85. The van der Waals surface area contributed by atoms with Crippen molar-refractivity contribution in [2.45, 2.75) is 0 Å². The van der Waals surface area contributed by atoms with Crippen LogP contribution >= 0.6 is 0 Å². The van der Waals surface area contributed by atoms with Gasteiger partial charge in [0.1, 0.15) is 0 Å². The van der Waals surface area contributed by atoms with E-state index >= 15 is 0 Å². The van der Waals surface area contributed by atoms with Crippen molar-refractivity contribution < 1.29 is 24.7 Å². The molecule has 1 aromatic rings. The van der Waals surface area contributed by atoms with Crippen molar-refractivity contribution >= 4 is 4.75 Å². The summed E-state index contributed by atoms with van der Waals surface area (Å²) < 4.78 is 4.24. The van der Waals surface area contributed by atoms with E-state index in [9.17, 15) is 4.79 Å². The van der Waals surface area contributed by atoms with Crippen LogP contribution in [0.2, 0.25) is 0 Å². The first-order valence-electron chi connectivity index (χ1n) is 2.01. The number of hydrogen-bond donors (Lipinski definition) is 0. The number of carbonyl (C=O) groups is 1. The first-order chi connectivity index (χ1) is 3.80. The van der Waals surface area contributed by atoms with E-state index in [-0.39, 0.29) is 5.76 Å². The molecule has 0 atom stereocenters. The summed E-state index contributed by atoms with van der Waals surface area (Å²) in [6, 6.07) is 3.18. The van der Waals surface area contributed by atoms with E-state index in [1.807, 2.05) is 0 Å². The third kappa shape index (κ3) is 0.985. The molecule has 0 fully saturated rings. The zero-order valence-electron chi connectivity index (χ0n) is 3.86. The zero-order chi connectivity index (χ0) is 5.98. The standard InChI is InChI=1S/C5H3O2.Ni/c6-4-5-2-1-3-7-5;/h1-3H;. The van der Waals surface area contributed by atoms with Gasteiger partial charge in [-0.2, -0.15) is 0 Å². The van der Waals surface area contributed by atoms with Gasteiger partial charge in [0.05, 0.1) is 0 Å². The Morgan fingerprint density at radius 3 is 2.75 bits per heavy atom. The summed E-state index contributed by atoms with van der Waals surface area (Å²) >= 11 is 3.99. The molecule has 0 aliphatic rings. The van der Waals surface area contributed by atoms with Crippen LogP contribution in [0, 0.1) is 0 Å². The molecular formula is C5H3NiO2. The first kappa shape index (κ1) is 5.58. The van der Waals surface area contributed by atoms with Gasteiger partial charge in [-0.25, -0.2) is 0 Å². The summed E-state index contributed by atoms with van der Waals surface area (Å²) in [6.07, 6.45) is 1.42. The van der Waals surface area contributed by atoms with Gasteiger partial charge < -0.3 is 0 Å². The van der Waals surface area contributed by atoms with Gasteiger partial charge in [-0.3, -0.25) is 0 Å². The fourth-order valence-corrected chi connectivity index (χ4v) is 0.522.